The molecule has 1 unspecified atom stereocenters. The molecule has 3 rings (SSSR count). The van der Waals surface area contributed by atoms with Crippen molar-refractivity contribution in [2.45, 2.75) is 32.4 Å². The Morgan fingerprint density at radius 1 is 1.07 bits per heavy atom. The summed E-state index contributed by atoms with van der Waals surface area (Å²) < 4.78 is 0. The molecule has 0 saturated carbocycles. The van der Waals surface area contributed by atoms with Gasteiger partial charge < -0.3 is 11.1 Å². The average Bonchev–Trinajstić information content (AvgIpc) is 2.65. The Morgan fingerprint density at radius 2 is 1.67 bits per heavy atom. The Balaban J connectivity index is 0.00000182. The van der Waals surface area contributed by atoms with Crippen LogP contribution in [0.5, 0.6) is 0 Å². The van der Waals surface area contributed by atoms with Crippen LogP contribution in [0.2, 0.25) is 0 Å². The van der Waals surface area contributed by atoms with E-state index < -0.39 is 6.04 Å². The smallest absolute Gasteiger partial charge is 0.245 e. The number of benzene rings is 2. The van der Waals surface area contributed by atoms with Crippen LogP contribution in [-0.4, -0.2) is 23.9 Å². The fraction of sp³-hybridized carbons (Fsp3) is 0.381. The van der Waals surface area contributed by atoms with Crippen molar-refractivity contribution in [2.24, 2.45) is 11.7 Å². The van der Waals surface area contributed by atoms with Crippen LogP contribution < -0.4 is 11.1 Å². The van der Waals surface area contributed by atoms with Crippen molar-refractivity contribution in [2.75, 3.05) is 18.4 Å². The van der Waals surface area contributed by atoms with Crippen molar-refractivity contribution in [1.82, 2.24) is 4.90 Å². The number of amides is 1. The highest BCUT2D eigenvalue weighted by Gasteiger charge is 2.17. The lowest BCUT2D eigenvalue weighted by Gasteiger charge is -2.30. The molecule has 3 N–H and O–H groups in total. The molecule has 148 valence electrons. The number of carbonyl (C=O) groups is 1. The fourth-order valence-electron chi connectivity index (χ4n) is 3.20. The molecule has 1 atom stereocenters. The summed E-state index contributed by atoms with van der Waals surface area (Å²) in [6.07, 6.45) is 2.57. The second kappa shape index (κ2) is 11.3. The number of likely N-dealkylation sites (tertiary alicyclic amines) is 1. The predicted molar refractivity (Wildman–Crippen MR) is 117 cm³/mol. The molecule has 0 spiro atoms. The molecular weight excluding hydrogens is 381 g/mol. The van der Waals surface area contributed by atoms with E-state index in [1.165, 1.54) is 31.5 Å². The number of hydrogen-bond acceptors (Lipinski definition) is 3. The van der Waals surface area contributed by atoms with E-state index in [1.807, 2.05) is 42.5 Å². The van der Waals surface area contributed by atoms with Gasteiger partial charge in [-0.2, -0.15) is 0 Å². The third kappa shape index (κ3) is 6.82. The Morgan fingerprint density at radius 3 is 2.26 bits per heavy atom. The van der Waals surface area contributed by atoms with Crippen molar-refractivity contribution in [3.8, 4) is 0 Å². The highest BCUT2D eigenvalue weighted by molar-refractivity contribution is 5.95. The topological polar surface area (TPSA) is 58.4 Å². The van der Waals surface area contributed by atoms with Gasteiger partial charge in [0.05, 0.1) is 0 Å². The predicted octanol–water partition coefficient (Wildman–Crippen LogP) is 4.40. The molecule has 1 fully saturated rings. The van der Waals surface area contributed by atoms with Crippen LogP contribution >= 0.6 is 24.8 Å². The zero-order valence-electron chi connectivity index (χ0n) is 15.6. The van der Waals surface area contributed by atoms with Gasteiger partial charge in [0, 0.05) is 12.2 Å². The SMILES string of the molecule is CC1CCN(Cc2ccc(NC(=O)C(N)c3ccccc3)cc2)CC1.Cl.Cl. The summed E-state index contributed by atoms with van der Waals surface area (Å²) in [4.78, 5) is 14.8. The van der Waals surface area contributed by atoms with E-state index in [0.29, 0.717) is 0 Å². The molecule has 1 aliphatic heterocycles. The molecule has 1 saturated heterocycles. The van der Waals surface area contributed by atoms with Crippen LogP contribution in [0.3, 0.4) is 0 Å². The number of halogens is 2. The van der Waals surface area contributed by atoms with E-state index in [-0.39, 0.29) is 30.7 Å². The highest BCUT2D eigenvalue weighted by Crippen LogP contribution is 2.19. The lowest BCUT2D eigenvalue weighted by molar-refractivity contribution is -0.117. The van der Waals surface area contributed by atoms with Crippen molar-refractivity contribution in [1.29, 1.82) is 0 Å². The number of piperidine rings is 1. The van der Waals surface area contributed by atoms with E-state index in [1.54, 1.807) is 0 Å². The molecule has 2 aromatic carbocycles. The van der Waals surface area contributed by atoms with E-state index in [2.05, 4.69) is 29.3 Å². The average molecular weight is 410 g/mol. The number of nitrogens with two attached hydrogens (primary N) is 1. The zero-order valence-corrected chi connectivity index (χ0v) is 17.3. The van der Waals surface area contributed by atoms with Gasteiger partial charge in [-0.3, -0.25) is 9.69 Å². The maximum absolute atomic E-state index is 12.3. The van der Waals surface area contributed by atoms with E-state index in [4.69, 9.17) is 5.73 Å². The van der Waals surface area contributed by atoms with Crippen molar-refractivity contribution in [3.05, 3.63) is 65.7 Å². The van der Waals surface area contributed by atoms with Crippen LogP contribution in [0.15, 0.2) is 54.6 Å². The maximum Gasteiger partial charge on any atom is 0.245 e. The highest BCUT2D eigenvalue weighted by atomic mass is 35.5. The Hall–Kier alpha value is -1.59. The third-order valence-electron chi connectivity index (χ3n) is 4.95. The molecule has 27 heavy (non-hydrogen) atoms. The normalized spacial score (nSPS) is 15.9. The fourth-order valence-corrected chi connectivity index (χ4v) is 3.20. The van der Waals surface area contributed by atoms with Gasteiger partial charge in [-0.15, -0.1) is 24.8 Å². The Kier molecular flexibility index (Phi) is 9.81. The molecule has 2 aromatic rings. The van der Waals surface area contributed by atoms with Crippen LogP contribution in [0.4, 0.5) is 5.69 Å². The van der Waals surface area contributed by atoms with Gasteiger partial charge in [0.2, 0.25) is 5.91 Å². The Labute approximate surface area is 174 Å². The van der Waals surface area contributed by atoms with E-state index in [9.17, 15) is 4.79 Å². The number of hydrogen-bond donors (Lipinski definition) is 2. The standard InChI is InChI=1S/C21H27N3O.2ClH/c1-16-11-13-24(14-12-16)15-17-7-9-19(10-8-17)23-21(25)20(22)18-5-3-2-4-6-18;;/h2-10,16,20H,11-15,22H2,1H3,(H,23,25);2*1H. The number of nitrogens with one attached hydrogen (secondary N) is 1. The van der Waals surface area contributed by atoms with Crippen LogP contribution in [0.25, 0.3) is 0 Å². The van der Waals surface area contributed by atoms with Gasteiger partial charge >= 0.3 is 0 Å². The monoisotopic (exact) mass is 409 g/mol. The third-order valence-corrected chi connectivity index (χ3v) is 4.95. The summed E-state index contributed by atoms with van der Waals surface area (Å²) >= 11 is 0. The number of carbonyl (C=O) groups excluding carboxylic acids is 1. The molecule has 0 aliphatic carbocycles. The van der Waals surface area contributed by atoms with Crippen LogP contribution in [0, 0.1) is 5.92 Å². The second-order valence-corrected chi connectivity index (χ2v) is 7.03. The number of anilines is 1. The zero-order chi connectivity index (χ0) is 17.6. The van der Waals surface area contributed by atoms with E-state index >= 15 is 0 Å². The van der Waals surface area contributed by atoms with Gasteiger partial charge in [0.15, 0.2) is 0 Å². The summed E-state index contributed by atoms with van der Waals surface area (Å²) in [5.41, 5.74) is 8.91. The maximum atomic E-state index is 12.3. The van der Waals surface area contributed by atoms with Crippen molar-refractivity contribution >= 4 is 36.4 Å². The van der Waals surface area contributed by atoms with Crippen molar-refractivity contribution < 1.29 is 4.79 Å². The molecule has 6 heteroatoms. The minimum absolute atomic E-state index is 0. The molecule has 0 aromatic heterocycles. The molecule has 0 bridgehead atoms. The molecule has 1 amide bonds. The lowest BCUT2D eigenvalue weighted by atomic mass is 9.99. The first-order valence-corrected chi connectivity index (χ1v) is 9.04. The molecule has 1 aliphatic rings. The Bertz CT molecular complexity index is 686. The summed E-state index contributed by atoms with van der Waals surface area (Å²) in [6.45, 7) is 5.65. The van der Waals surface area contributed by atoms with Gasteiger partial charge in [-0.25, -0.2) is 0 Å². The van der Waals surface area contributed by atoms with Gasteiger partial charge in [-0.05, 0) is 55.1 Å². The van der Waals surface area contributed by atoms with Crippen LogP contribution in [-0.2, 0) is 11.3 Å². The van der Waals surface area contributed by atoms with Crippen molar-refractivity contribution in [3.63, 3.8) is 0 Å². The van der Waals surface area contributed by atoms with Gasteiger partial charge in [-0.1, -0.05) is 49.4 Å². The molecule has 1 heterocycles. The number of nitrogens with zero attached hydrogens (tertiary/aromatic N) is 1. The summed E-state index contributed by atoms with van der Waals surface area (Å²) in [6, 6.07) is 16.8. The van der Waals surface area contributed by atoms with Gasteiger partial charge in [0.25, 0.3) is 0 Å². The minimum atomic E-state index is -0.656. The second-order valence-electron chi connectivity index (χ2n) is 7.03. The lowest BCUT2D eigenvalue weighted by Crippen LogP contribution is -2.32. The molecule has 4 nitrogen and oxygen atoms in total. The molecule has 0 radical (unpaired) electrons. The summed E-state index contributed by atoms with van der Waals surface area (Å²) in [7, 11) is 0. The first kappa shape index (κ1) is 23.4. The first-order valence-electron chi connectivity index (χ1n) is 9.04. The van der Waals surface area contributed by atoms with Crippen LogP contribution in [0.1, 0.15) is 36.9 Å². The summed E-state index contributed by atoms with van der Waals surface area (Å²) in [5, 5.41) is 2.90. The van der Waals surface area contributed by atoms with E-state index in [0.717, 1.165) is 23.7 Å². The van der Waals surface area contributed by atoms with Gasteiger partial charge in [0.1, 0.15) is 6.04 Å². The first-order chi connectivity index (χ1) is 12.1. The summed E-state index contributed by atoms with van der Waals surface area (Å²) in [5.74, 6) is 0.659. The quantitative estimate of drug-likeness (QED) is 0.768. The number of rotatable bonds is 5. The minimum Gasteiger partial charge on any atom is -0.324 e. The molecular formula is C21H29Cl2N3O. The largest absolute Gasteiger partial charge is 0.324 e.